The van der Waals surface area contributed by atoms with E-state index in [0.29, 0.717) is 0 Å². The summed E-state index contributed by atoms with van der Waals surface area (Å²) in [4.78, 5) is 24.3. The molecule has 1 saturated heterocycles. The summed E-state index contributed by atoms with van der Waals surface area (Å²) in [6.45, 7) is 5.70. The molecule has 1 unspecified atom stereocenters. The van der Waals surface area contributed by atoms with E-state index >= 15 is 0 Å². The van der Waals surface area contributed by atoms with Crippen LogP contribution in [0.2, 0.25) is 0 Å². The first kappa shape index (κ1) is 17.4. The van der Waals surface area contributed by atoms with E-state index in [-0.39, 0.29) is 5.57 Å². The molecule has 21 heavy (non-hydrogen) atoms. The van der Waals surface area contributed by atoms with Gasteiger partial charge in [0, 0.05) is 12.0 Å². The van der Waals surface area contributed by atoms with Gasteiger partial charge in [-0.1, -0.05) is 6.08 Å². The molecular weight excluding hydrogens is 284 g/mol. The SMILES string of the molecule is COC(=O)/C(C)=C/C1CC(F)(F)CN1C(=O)OC(C)(C)C. The summed E-state index contributed by atoms with van der Waals surface area (Å²) in [7, 11) is 1.20. The Balaban J connectivity index is 2.94. The van der Waals surface area contributed by atoms with Crippen molar-refractivity contribution in [2.24, 2.45) is 0 Å². The van der Waals surface area contributed by atoms with Gasteiger partial charge in [0.2, 0.25) is 0 Å². The molecule has 0 aromatic carbocycles. The molecule has 1 amide bonds. The number of alkyl halides is 2. The lowest BCUT2D eigenvalue weighted by atomic mass is 10.1. The van der Waals surface area contributed by atoms with Crippen LogP contribution in [0.5, 0.6) is 0 Å². The molecule has 0 spiro atoms. The maximum atomic E-state index is 13.6. The van der Waals surface area contributed by atoms with Gasteiger partial charge >= 0.3 is 12.1 Å². The summed E-state index contributed by atoms with van der Waals surface area (Å²) >= 11 is 0. The minimum Gasteiger partial charge on any atom is -0.466 e. The van der Waals surface area contributed by atoms with Crippen molar-refractivity contribution in [1.29, 1.82) is 0 Å². The van der Waals surface area contributed by atoms with Crippen molar-refractivity contribution >= 4 is 12.1 Å². The number of likely N-dealkylation sites (tertiary alicyclic amines) is 1. The Bertz CT molecular complexity index is 454. The zero-order valence-electron chi connectivity index (χ0n) is 12.9. The number of carbonyl (C=O) groups is 2. The number of esters is 1. The van der Waals surface area contributed by atoms with Crippen molar-refractivity contribution < 1.29 is 27.8 Å². The number of hydrogen-bond acceptors (Lipinski definition) is 4. The Hall–Kier alpha value is -1.66. The van der Waals surface area contributed by atoms with Crippen LogP contribution in [0.1, 0.15) is 34.1 Å². The summed E-state index contributed by atoms with van der Waals surface area (Å²) in [5.74, 6) is -3.62. The van der Waals surface area contributed by atoms with Crippen molar-refractivity contribution in [1.82, 2.24) is 4.90 Å². The average Bonchev–Trinajstić information content (AvgIpc) is 2.61. The van der Waals surface area contributed by atoms with E-state index in [4.69, 9.17) is 4.74 Å². The monoisotopic (exact) mass is 305 g/mol. The number of rotatable bonds is 2. The maximum Gasteiger partial charge on any atom is 0.410 e. The number of hydrogen-bond donors (Lipinski definition) is 0. The quantitative estimate of drug-likeness (QED) is 0.581. The first-order valence-electron chi connectivity index (χ1n) is 6.59. The summed E-state index contributed by atoms with van der Waals surface area (Å²) in [6.07, 6.45) is -0.0457. The molecule has 1 atom stereocenters. The molecule has 1 fully saturated rings. The van der Waals surface area contributed by atoms with Crippen LogP contribution in [0.15, 0.2) is 11.6 Å². The molecule has 0 aromatic rings. The highest BCUT2D eigenvalue weighted by Crippen LogP contribution is 2.34. The third-order valence-corrected chi connectivity index (χ3v) is 2.89. The van der Waals surface area contributed by atoms with Crippen LogP contribution in [0.25, 0.3) is 0 Å². The van der Waals surface area contributed by atoms with E-state index in [1.54, 1.807) is 20.8 Å². The summed E-state index contributed by atoms with van der Waals surface area (Å²) in [5, 5.41) is 0. The number of ether oxygens (including phenoxy) is 2. The molecule has 7 heteroatoms. The highest BCUT2D eigenvalue weighted by Gasteiger charge is 2.47. The minimum atomic E-state index is -3.01. The zero-order chi connectivity index (χ0) is 16.4. The lowest BCUT2D eigenvalue weighted by molar-refractivity contribution is -0.136. The summed E-state index contributed by atoms with van der Waals surface area (Å²) < 4.78 is 36.8. The molecule has 0 saturated carbocycles. The molecule has 0 bridgehead atoms. The lowest BCUT2D eigenvalue weighted by Gasteiger charge is -2.27. The van der Waals surface area contributed by atoms with Gasteiger partial charge in [-0.15, -0.1) is 0 Å². The minimum absolute atomic E-state index is 0.175. The Morgan fingerprint density at radius 1 is 1.33 bits per heavy atom. The third-order valence-electron chi connectivity index (χ3n) is 2.89. The van der Waals surface area contributed by atoms with Crippen molar-refractivity contribution in [2.45, 2.75) is 51.7 Å². The Labute approximate surface area is 122 Å². The second kappa shape index (κ2) is 5.99. The lowest BCUT2D eigenvalue weighted by Crippen LogP contribution is -2.40. The van der Waals surface area contributed by atoms with Crippen LogP contribution in [-0.2, 0) is 14.3 Å². The van der Waals surface area contributed by atoms with E-state index in [2.05, 4.69) is 4.74 Å². The molecule has 1 aliphatic heterocycles. The van der Waals surface area contributed by atoms with Crippen LogP contribution >= 0.6 is 0 Å². The predicted molar refractivity (Wildman–Crippen MR) is 72.1 cm³/mol. The molecule has 0 aliphatic carbocycles. The van der Waals surface area contributed by atoms with Gasteiger partial charge < -0.3 is 9.47 Å². The maximum absolute atomic E-state index is 13.6. The van der Waals surface area contributed by atoms with Crippen LogP contribution in [0, 0.1) is 0 Å². The Morgan fingerprint density at radius 2 is 1.90 bits per heavy atom. The largest absolute Gasteiger partial charge is 0.466 e. The van der Waals surface area contributed by atoms with E-state index in [0.717, 1.165) is 4.90 Å². The Kier molecular flexibility index (Phi) is 4.96. The van der Waals surface area contributed by atoms with E-state index in [9.17, 15) is 18.4 Å². The predicted octanol–water partition coefficient (Wildman–Crippen LogP) is 2.75. The number of nitrogens with zero attached hydrogens (tertiary/aromatic N) is 1. The molecule has 1 heterocycles. The van der Waals surface area contributed by atoms with Gasteiger partial charge in [-0.2, -0.15) is 0 Å². The van der Waals surface area contributed by atoms with Gasteiger partial charge in [0.05, 0.1) is 19.7 Å². The fourth-order valence-corrected chi connectivity index (χ4v) is 2.03. The molecule has 1 rings (SSSR count). The van der Waals surface area contributed by atoms with Gasteiger partial charge in [0.25, 0.3) is 5.92 Å². The van der Waals surface area contributed by atoms with Crippen molar-refractivity contribution in [2.75, 3.05) is 13.7 Å². The molecule has 0 radical (unpaired) electrons. The molecule has 120 valence electrons. The van der Waals surface area contributed by atoms with E-state index in [1.165, 1.54) is 20.1 Å². The smallest absolute Gasteiger partial charge is 0.410 e. The normalized spacial score (nSPS) is 22.1. The van der Waals surface area contributed by atoms with E-state index in [1.807, 2.05) is 0 Å². The first-order chi connectivity index (χ1) is 9.45. The molecular formula is C14H21F2NO4. The standard InChI is InChI=1S/C14H21F2NO4/c1-9(11(18)20-5)6-10-7-14(15,16)8-17(10)12(19)21-13(2,3)4/h6,10H,7-8H2,1-5H3/b9-6+. The topological polar surface area (TPSA) is 55.8 Å². The van der Waals surface area contributed by atoms with Crippen LogP contribution in [-0.4, -0.2) is 48.2 Å². The second-order valence-corrected chi connectivity index (χ2v) is 6.08. The third kappa shape index (κ3) is 4.99. The number of halogens is 2. The zero-order valence-corrected chi connectivity index (χ0v) is 12.9. The van der Waals surface area contributed by atoms with Gasteiger partial charge in [-0.05, 0) is 27.7 Å². The molecule has 1 aliphatic rings. The average molecular weight is 305 g/mol. The van der Waals surface area contributed by atoms with Crippen LogP contribution in [0.3, 0.4) is 0 Å². The number of amides is 1. The van der Waals surface area contributed by atoms with Crippen molar-refractivity contribution in [3.05, 3.63) is 11.6 Å². The molecule has 5 nitrogen and oxygen atoms in total. The summed E-state index contributed by atoms with van der Waals surface area (Å²) in [5.41, 5.74) is -0.602. The molecule has 0 N–H and O–H groups in total. The van der Waals surface area contributed by atoms with E-state index < -0.39 is 42.6 Å². The highest BCUT2D eigenvalue weighted by atomic mass is 19.3. The second-order valence-electron chi connectivity index (χ2n) is 6.08. The van der Waals surface area contributed by atoms with Gasteiger partial charge in [0.15, 0.2) is 0 Å². The van der Waals surface area contributed by atoms with Crippen molar-refractivity contribution in [3.63, 3.8) is 0 Å². The van der Waals surface area contributed by atoms with Gasteiger partial charge in [-0.3, -0.25) is 4.90 Å². The summed E-state index contributed by atoms with van der Waals surface area (Å²) in [6, 6.07) is -0.894. The number of carbonyl (C=O) groups excluding carboxylic acids is 2. The highest BCUT2D eigenvalue weighted by molar-refractivity contribution is 5.87. The van der Waals surface area contributed by atoms with Crippen molar-refractivity contribution in [3.8, 4) is 0 Å². The fraction of sp³-hybridized carbons (Fsp3) is 0.714. The van der Waals surface area contributed by atoms with Gasteiger partial charge in [0.1, 0.15) is 5.60 Å². The fourth-order valence-electron chi connectivity index (χ4n) is 2.03. The van der Waals surface area contributed by atoms with Gasteiger partial charge in [-0.25, -0.2) is 18.4 Å². The van der Waals surface area contributed by atoms with Crippen LogP contribution < -0.4 is 0 Å². The first-order valence-corrected chi connectivity index (χ1v) is 6.59. The number of methoxy groups -OCH3 is 1. The molecule has 0 aromatic heterocycles. The van der Waals surface area contributed by atoms with Crippen LogP contribution in [0.4, 0.5) is 13.6 Å². The Morgan fingerprint density at radius 3 is 2.38 bits per heavy atom.